The van der Waals surface area contributed by atoms with Crippen molar-refractivity contribution in [1.29, 1.82) is 0 Å². The Bertz CT molecular complexity index is 402. The maximum absolute atomic E-state index is 11.9. The van der Waals surface area contributed by atoms with E-state index in [0.717, 1.165) is 6.26 Å². The number of ether oxygens (including phenoxy) is 1. The van der Waals surface area contributed by atoms with Gasteiger partial charge in [-0.1, -0.05) is 0 Å². The molecular weight excluding hydrogens is 426 g/mol. The minimum absolute atomic E-state index is 0. The number of aliphatic imine (C=N–C) groups is 1. The van der Waals surface area contributed by atoms with Gasteiger partial charge in [-0.25, -0.2) is 8.42 Å². The molecule has 21 heavy (non-hydrogen) atoms. The van der Waals surface area contributed by atoms with Crippen molar-refractivity contribution in [2.45, 2.75) is 12.6 Å². The fraction of sp³-hybridized carbons (Fsp3) is 0.900. The van der Waals surface area contributed by atoms with E-state index in [2.05, 4.69) is 15.6 Å². The Morgan fingerprint density at radius 2 is 1.76 bits per heavy atom. The van der Waals surface area contributed by atoms with E-state index in [1.807, 2.05) is 0 Å². The fourth-order valence-corrected chi connectivity index (χ4v) is 1.52. The quantitative estimate of drug-likeness (QED) is 0.249. The summed E-state index contributed by atoms with van der Waals surface area (Å²) in [6.45, 7) is 0.365. The van der Waals surface area contributed by atoms with Crippen LogP contribution < -0.4 is 10.6 Å². The average Bonchev–Trinajstić information content (AvgIpc) is 2.28. The van der Waals surface area contributed by atoms with Crippen LogP contribution in [0.2, 0.25) is 0 Å². The normalized spacial score (nSPS) is 12.7. The molecule has 0 aromatic carbocycles. The molecule has 0 spiro atoms. The fourth-order valence-electron chi connectivity index (χ4n) is 1.10. The van der Waals surface area contributed by atoms with Crippen LogP contribution in [0.3, 0.4) is 0 Å². The summed E-state index contributed by atoms with van der Waals surface area (Å²) in [6, 6.07) is 0. The molecule has 0 rings (SSSR count). The molecule has 0 aromatic heterocycles. The molecule has 0 radical (unpaired) electrons. The molecule has 128 valence electrons. The van der Waals surface area contributed by atoms with E-state index in [-0.39, 0.29) is 55.4 Å². The highest BCUT2D eigenvalue weighted by Gasteiger charge is 2.26. The predicted molar refractivity (Wildman–Crippen MR) is 86.0 cm³/mol. The summed E-state index contributed by atoms with van der Waals surface area (Å²) in [5.41, 5.74) is 0. The van der Waals surface area contributed by atoms with Crippen molar-refractivity contribution in [2.75, 3.05) is 45.4 Å². The van der Waals surface area contributed by atoms with Crippen molar-refractivity contribution in [2.24, 2.45) is 4.99 Å². The molecule has 0 heterocycles. The molecular formula is C10H21F3IN3O3S. The zero-order valence-corrected chi connectivity index (χ0v) is 15.0. The monoisotopic (exact) mass is 447 g/mol. The molecule has 0 saturated heterocycles. The van der Waals surface area contributed by atoms with Crippen molar-refractivity contribution < 1.29 is 26.3 Å². The maximum Gasteiger partial charge on any atom is 0.390 e. The molecule has 0 aliphatic heterocycles. The third-order valence-corrected chi connectivity index (χ3v) is 2.97. The van der Waals surface area contributed by atoms with Gasteiger partial charge in [0, 0.05) is 26.4 Å². The number of sulfone groups is 1. The Balaban J connectivity index is 0. The highest BCUT2D eigenvalue weighted by atomic mass is 127. The van der Waals surface area contributed by atoms with Crippen LogP contribution in [0.4, 0.5) is 13.2 Å². The maximum atomic E-state index is 11.9. The number of nitrogens with one attached hydrogen (secondary N) is 2. The molecule has 2 N–H and O–H groups in total. The summed E-state index contributed by atoms with van der Waals surface area (Å²) in [7, 11) is -1.61. The van der Waals surface area contributed by atoms with Gasteiger partial charge in [-0.3, -0.25) is 4.99 Å². The Morgan fingerprint density at radius 3 is 2.24 bits per heavy atom. The Kier molecular flexibility index (Phi) is 12.4. The lowest BCUT2D eigenvalue weighted by Crippen LogP contribution is -2.40. The van der Waals surface area contributed by atoms with E-state index >= 15 is 0 Å². The molecule has 6 nitrogen and oxygen atoms in total. The van der Waals surface area contributed by atoms with Gasteiger partial charge in [0.15, 0.2) is 5.96 Å². The first-order chi connectivity index (χ1) is 9.14. The second-order valence-corrected chi connectivity index (χ2v) is 6.29. The van der Waals surface area contributed by atoms with E-state index in [9.17, 15) is 21.6 Å². The van der Waals surface area contributed by atoms with E-state index in [4.69, 9.17) is 4.74 Å². The van der Waals surface area contributed by atoms with E-state index in [1.165, 1.54) is 7.05 Å². The van der Waals surface area contributed by atoms with Gasteiger partial charge in [-0.15, -0.1) is 24.0 Å². The topological polar surface area (TPSA) is 79.8 Å². The van der Waals surface area contributed by atoms with E-state index in [0.29, 0.717) is 6.54 Å². The summed E-state index contributed by atoms with van der Waals surface area (Å²) in [5.74, 6) is 0.173. The van der Waals surface area contributed by atoms with Gasteiger partial charge in [-0.05, 0) is 0 Å². The number of rotatable bonds is 8. The summed E-state index contributed by atoms with van der Waals surface area (Å²) < 4.78 is 62.4. The zero-order chi connectivity index (χ0) is 15.6. The van der Waals surface area contributed by atoms with E-state index in [1.54, 1.807) is 0 Å². The van der Waals surface area contributed by atoms with Gasteiger partial charge in [0.05, 0.1) is 25.4 Å². The molecule has 0 aliphatic carbocycles. The lowest BCUT2D eigenvalue weighted by Gasteiger charge is -2.12. The average molecular weight is 447 g/mol. The van der Waals surface area contributed by atoms with Crippen molar-refractivity contribution >= 4 is 39.8 Å². The highest BCUT2D eigenvalue weighted by molar-refractivity contribution is 14.0. The first-order valence-electron chi connectivity index (χ1n) is 5.91. The van der Waals surface area contributed by atoms with Gasteiger partial charge in [0.1, 0.15) is 9.84 Å². The van der Waals surface area contributed by atoms with Crippen molar-refractivity contribution in [1.82, 2.24) is 10.6 Å². The van der Waals surface area contributed by atoms with Crippen LogP contribution in [-0.4, -0.2) is 65.9 Å². The lowest BCUT2D eigenvalue weighted by atomic mass is 10.4. The number of halogens is 4. The first-order valence-corrected chi connectivity index (χ1v) is 7.97. The minimum atomic E-state index is -4.21. The first kappa shape index (κ1) is 23.0. The van der Waals surface area contributed by atoms with Crippen LogP contribution in [0.15, 0.2) is 4.99 Å². The Labute approximate surface area is 139 Å². The van der Waals surface area contributed by atoms with Crippen molar-refractivity contribution in [3.8, 4) is 0 Å². The lowest BCUT2D eigenvalue weighted by molar-refractivity contribution is -0.132. The van der Waals surface area contributed by atoms with Crippen LogP contribution >= 0.6 is 24.0 Å². The summed E-state index contributed by atoms with van der Waals surface area (Å²) in [6.07, 6.45) is -4.04. The molecule has 11 heteroatoms. The zero-order valence-electron chi connectivity index (χ0n) is 11.9. The number of hydrogen-bond acceptors (Lipinski definition) is 4. The Morgan fingerprint density at radius 1 is 1.19 bits per heavy atom. The van der Waals surface area contributed by atoms with Crippen LogP contribution in [0, 0.1) is 0 Å². The summed E-state index contributed by atoms with van der Waals surface area (Å²) in [4.78, 5) is 3.74. The van der Waals surface area contributed by atoms with Crippen LogP contribution in [0.25, 0.3) is 0 Å². The van der Waals surface area contributed by atoms with Crippen LogP contribution in [0.1, 0.15) is 6.42 Å². The number of nitrogens with zero attached hydrogens (tertiary/aromatic N) is 1. The number of hydrogen-bond donors (Lipinski definition) is 2. The number of alkyl halides is 3. The second-order valence-electron chi connectivity index (χ2n) is 4.03. The smallest absolute Gasteiger partial charge is 0.379 e. The molecule has 0 atom stereocenters. The summed E-state index contributed by atoms with van der Waals surface area (Å²) >= 11 is 0. The second kappa shape index (κ2) is 11.3. The van der Waals surface area contributed by atoms with Gasteiger partial charge in [0.25, 0.3) is 0 Å². The third-order valence-electron chi connectivity index (χ3n) is 2.06. The van der Waals surface area contributed by atoms with Gasteiger partial charge < -0.3 is 15.4 Å². The molecule has 0 bridgehead atoms. The standard InChI is InChI=1S/C10H20F3N3O3S.HI/c1-14-9(15-4-3-10(11,12)13)16-5-6-19-7-8-20(2,17)18;/h3-8H2,1-2H3,(H2,14,15,16);1H. The highest BCUT2D eigenvalue weighted by Crippen LogP contribution is 2.17. The van der Waals surface area contributed by atoms with E-state index < -0.39 is 22.4 Å². The van der Waals surface area contributed by atoms with Crippen molar-refractivity contribution in [3.63, 3.8) is 0 Å². The SMILES string of the molecule is CN=C(NCCOCCS(C)(=O)=O)NCCC(F)(F)F.I. The Hall–Kier alpha value is -0.300. The van der Waals surface area contributed by atoms with Gasteiger partial charge in [0.2, 0.25) is 0 Å². The van der Waals surface area contributed by atoms with Gasteiger partial charge in [-0.2, -0.15) is 13.2 Å². The molecule has 0 unspecified atom stereocenters. The van der Waals surface area contributed by atoms with Crippen molar-refractivity contribution in [3.05, 3.63) is 0 Å². The van der Waals surface area contributed by atoms with Crippen LogP contribution in [0.5, 0.6) is 0 Å². The third kappa shape index (κ3) is 17.6. The summed E-state index contributed by atoms with van der Waals surface area (Å²) in [5, 5.41) is 5.26. The molecule has 0 fully saturated rings. The molecule has 0 aromatic rings. The largest absolute Gasteiger partial charge is 0.390 e. The number of guanidine groups is 1. The molecule has 0 aliphatic rings. The van der Waals surface area contributed by atoms with Gasteiger partial charge >= 0.3 is 6.18 Å². The minimum Gasteiger partial charge on any atom is -0.379 e. The molecule has 0 saturated carbocycles. The molecule has 0 amide bonds. The predicted octanol–water partition coefficient (Wildman–Crippen LogP) is 0.783. The van der Waals surface area contributed by atoms with Crippen LogP contribution in [-0.2, 0) is 14.6 Å².